The van der Waals surface area contributed by atoms with Crippen molar-refractivity contribution in [1.82, 2.24) is 4.57 Å². The van der Waals surface area contributed by atoms with Crippen LogP contribution in [-0.2, 0) is 6.54 Å². The first-order chi connectivity index (χ1) is 6.70. The predicted octanol–water partition coefficient (Wildman–Crippen LogP) is 3.78. The molecule has 0 amide bonds. The fourth-order valence-electron chi connectivity index (χ4n) is 1.76. The molecule has 1 aromatic carbocycles. The van der Waals surface area contributed by atoms with Crippen molar-refractivity contribution >= 4 is 10.8 Å². The Balaban J connectivity index is 2.54. The summed E-state index contributed by atoms with van der Waals surface area (Å²) in [5, 5.41) is 2.70. The van der Waals surface area contributed by atoms with E-state index in [2.05, 4.69) is 55.9 Å². The molecule has 0 aliphatic carbocycles. The average molecular weight is 187 g/mol. The molecule has 0 unspecified atom stereocenters. The van der Waals surface area contributed by atoms with Gasteiger partial charge in [-0.15, -0.1) is 0 Å². The lowest BCUT2D eigenvalue weighted by Crippen LogP contribution is -1.86. The summed E-state index contributed by atoms with van der Waals surface area (Å²) in [6, 6.07) is 6.75. The number of aryl methyl sites for hydroxylation is 1. The molecule has 1 aromatic heterocycles. The Morgan fingerprint density at radius 3 is 2.50 bits per heavy atom. The molecule has 0 atom stereocenters. The van der Waals surface area contributed by atoms with Gasteiger partial charge in [-0.05, 0) is 35.2 Å². The maximum absolute atomic E-state index is 2.30. The number of hydrogen-bond acceptors (Lipinski definition) is 0. The lowest BCUT2D eigenvalue weighted by Gasteiger charge is -2.03. The van der Waals surface area contributed by atoms with Crippen LogP contribution in [0, 0.1) is 0 Å². The summed E-state index contributed by atoms with van der Waals surface area (Å²) in [6.07, 6.45) is 4.43. The van der Waals surface area contributed by atoms with Gasteiger partial charge in [-0.25, -0.2) is 0 Å². The van der Waals surface area contributed by atoms with Gasteiger partial charge in [0, 0.05) is 18.9 Å². The average Bonchev–Trinajstić information content (AvgIpc) is 2.58. The van der Waals surface area contributed by atoms with Crippen molar-refractivity contribution in [2.45, 2.75) is 33.2 Å². The molecule has 14 heavy (non-hydrogen) atoms. The first-order valence-corrected chi connectivity index (χ1v) is 5.30. The normalized spacial score (nSPS) is 11.4. The molecule has 0 saturated carbocycles. The summed E-state index contributed by atoms with van der Waals surface area (Å²) in [5.41, 5.74) is 1.42. The molecule has 0 radical (unpaired) electrons. The third kappa shape index (κ3) is 1.54. The quantitative estimate of drug-likeness (QED) is 0.674. The second kappa shape index (κ2) is 3.49. The van der Waals surface area contributed by atoms with Crippen LogP contribution in [0.2, 0.25) is 0 Å². The van der Waals surface area contributed by atoms with E-state index in [4.69, 9.17) is 0 Å². The second-order valence-electron chi connectivity index (χ2n) is 4.13. The summed E-state index contributed by atoms with van der Waals surface area (Å²) >= 11 is 0. The van der Waals surface area contributed by atoms with Gasteiger partial charge >= 0.3 is 0 Å². The Kier molecular flexibility index (Phi) is 2.32. The SMILES string of the molecule is CCn1cc2ccc(C(C)C)cc2c1. The van der Waals surface area contributed by atoms with Gasteiger partial charge in [0.25, 0.3) is 0 Å². The molecule has 1 nitrogen and oxygen atoms in total. The van der Waals surface area contributed by atoms with Gasteiger partial charge in [-0.2, -0.15) is 0 Å². The van der Waals surface area contributed by atoms with Crippen molar-refractivity contribution in [2.75, 3.05) is 0 Å². The molecular weight excluding hydrogens is 170 g/mol. The molecule has 1 heteroatoms. The molecule has 2 rings (SSSR count). The zero-order valence-electron chi connectivity index (χ0n) is 9.12. The van der Waals surface area contributed by atoms with E-state index in [0.29, 0.717) is 5.92 Å². The van der Waals surface area contributed by atoms with E-state index in [1.807, 2.05) is 0 Å². The van der Waals surface area contributed by atoms with Gasteiger partial charge in [0.2, 0.25) is 0 Å². The molecule has 0 spiro atoms. The zero-order chi connectivity index (χ0) is 10.1. The number of rotatable bonds is 2. The number of hydrogen-bond donors (Lipinski definition) is 0. The summed E-state index contributed by atoms with van der Waals surface area (Å²) in [4.78, 5) is 0. The van der Waals surface area contributed by atoms with Crippen molar-refractivity contribution in [1.29, 1.82) is 0 Å². The van der Waals surface area contributed by atoms with Crippen LogP contribution in [0.3, 0.4) is 0 Å². The van der Waals surface area contributed by atoms with Crippen LogP contribution in [-0.4, -0.2) is 4.57 Å². The molecule has 0 N–H and O–H groups in total. The largest absolute Gasteiger partial charge is 0.353 e. The summed E-state index contributed by atoms with van der Waals surface area (Å²) < 4.78 is 2.23. The molecule has 0 bridgehead atoms. The van der Waals surface area contributed by atoms with Gasteiger partial charge in [-0.3, -0.25) is 0 Å². The van der Waals surface area contributed by atoms with E-state index in [1.165, 1.54) is 16.3 Å². The number of benzene rings is 1. The van der Waals surface area contributed by atoms with Crippen LogP contribution >= 0.6 is 0 Å². The Morgan fingerprint density at radius 2 is 1.86 bits per heavy atom. The Hall–Kier alpha value is -1.24. The molecule has 0 aliphatic heterocycles. The molecule has 0 aliphatic rings. The van der Waals surface area contributed by atoms with E-state index < -0.39 is 0 Å². The lowest BCUT2D eigenvalue weighted by molar-refractivity contribution is 0.773. The van der Waals surface area contributed by atoms with Gasteiger partial charge in [0.15, 0.2) is 0 Å². The lowest BCUT2D eigenvalue weighted by atomic mass is 10.0. The first kappa shape index (κ1) is 9.32. The second-order valence-corrected chi connectivity index (χ2v) is 4.13. The van der Waals surface area contributed by atoms with Crippen molar-refractivity contribution < 1.29 is 0 Å². The van der Waals surface area contributed by atoms with E-state index in [9.17, 15) is 0 Å². The monoisotopic (exact) mass is 187 g/mol. The van der Waals surface area contributed by atoms with Crippen LogP contribution < -0.4 is 0 Å². The highest BCUT2D eigenvalue weighted by atomic mass is 14.9. The highest BCUT2D eigenvalue weighted by Crippen LogP contribution is 2.21. The maximum Gasteiger partial charge on any atom is 0.0191 e. The highest BCUT2D eigenvalue weighted by Gasteiger charge is 2.02. The maximum atomic E-state index is 2.30. The fraction of sp³-hybridized carbons (Fsp3) is 0.385. The van der Waals surface area contributed by atoms with Gasteiger partial charge in [0.05, 0.1) is 0 Å². The van der Waals surface area contributed by atoms with E-state index >= 15 is 0 Å². The third-order valence-corrected chi connectivity index (χ3v) is 2.75. The van der Waals surface area contributed by atoms with E-state index in [0.717, 1.165) is 6.54 Å². The Morgan fingerprint density at radius 1 is 1.14 bits per heavy atom. The van der Waals surface area contributed by atoms with Gasteiger partial charge in [-0.1, -0.05) is 26.0 Å². The van der Waals surface area contributed by atoms with Gasteiger partial charge in [0.1, 0.15) is 0 Å². The number of nitrogens with zero attached hydrogens (tertiary/aromatic N) is 1. The highest BCUT2D eigenvalue weighted by molar-refractivity contribution is 5.83. The van der Waals surface area contributed by atoms with Crippen LogP contribution in [0.1, 0.15) is 32.3 Å². The molecule has 1 heterocycles. The fourth-order valence-corrected chi connectivity index (χ4v) is 1.76. The van der Waals surface area contributed by atoms with Crippen molar-refractivity contribution in [2.24, 2.45) is 0 Å². The van der Waals surface area contributed by atoms with Crippen molar-refractivity contribution in [3.05, 3.63) is 36.2 Å². The standard InChI is InChI=1S/C13H17N/c1-4-14-8-12-6-5-11(10(2)3)7-13(12)9-14/h5-10H,4H2,1-3H3. The Labute approximate surface area is 85.4 Å². The molecule has 0 fully saturated rings. The number of aromatic nitrogens is 1. The summed E-state index contributed by atoms with van der Waals surface area (Å²) in [5.74, 6) is 0.615. The first-order valence-electron chi connectivity index (χ1n) is 5.30. The van der Waals surface area contributed by atoms with E-state index in [1.54, 1.807) is 0 Å². The smallest absolute Gasteiger partial charge is 0.0191 e. The minimum absolute atomic E-state index is 0.615. The number of fused-ring (bicyclic) bond motifs is 1. The summed E-state index contributed by atoms with van der Waals surface area (Å²) in [7, 11) is 0. The van der Waals surface area contributed by atoms with Crippen LogP contribution in [0.15, 0.2) is 30.6 Å². The van der Waals surface area contributed by atoms with Crippen LogP contribution in [0.5, 0.6) is 0 Å². The molecular formula is C13H17N. The molecule has 2 aromatic rings. The molecule has 74 valence electrons. The Bertz CT molecular complexity index is 437. The predicted molar refractivity (Wildman–Crippen MR) is 61.7 cm³/mol. The van der Waals surface area contributed by atoms with Crippen LogP contribution in [0.25, 0.3) is 10.8 Å². The third-order valence-electron chi connectivity index (χ3n) is 2.75. The molecule has 0 saturated heterocycles. The minimum atomic E-state index is 0.615. The zero-order valence-corrected chi connectivity index (χ0v) is 9.12. The topological polar surface area (TPSA) is 4.93 Å². The van der Waals surface area contributed by atoms with Crippen LogP contribution in [0.4, 0.5) is 0 Å². The van der Waals surface area contributed by atoms with Crippen molar-refractivity contribution in [3.63, 3.8) is 0 Å². The van der Waals surface area contributed by atoms with E-state index in [-0.39, 0.29) is 0 Å². The van der Waals surface area contributed by atoms with Gasteiger partial charge < -0.3 is 4.57 Å². The minimum Gasteiger partial charge on any atom is -0.353 e. The summed E-state index contributed by atoms with van der Waals surface area (Å²) in [6.45, 7) is 7.68. The van der Waals surface area contributed by atoms with Crippen molar-refractivity contribution in [3.8, 4) is 0 Å².